The molecule has 2 nitrogen and oxygen atoms in total. The molecule has 0 N–H and O–H groups in total. The fourth-order valence-electron chi connectivity index (χ4n) is 3.26. The van der Waals surface area contributed by atoms with Crippen LogP contribution in [-0.2, 0) is 5.41 Å². The molecule has 0 aromatic heterocycles. The lowest BCUT2D eigenvalue weighted by Crippen LogP contribution is -2.37. The van der Waals surface area contributed by atoms with Crippen molar-refractivity contribution < 1.29 is 0 Å². The number of nitriles is 2. The Bertz CT molecular complexity index is 708. The van der Waals surface area contributed by atoms with Gasteiger partial charge in [0.15, 0.2) is 0 Å². The Balaban J connectivity index is 2.38. The van der Waals surface area contributed by atoms with Gasteiger partial charge in [-0.05, 0) is 29.7 Å². The number of nitrogens with zero attached hydrogens (tertiary/aromatic N) is 2. The predicted molar refractivity (Wildman–Crippen MR) is 82.8 cm³/mol. The van der Waals surface area contributed by atoms with Crippen LogP contribution in [0, 0.1) is 28.6 Å². The number of hydrogen-bond acceptors (Lipinski definition) is 3. The molecular weight excluding hydrogens is 276 g/mol. The van der Waals surface area contributed by atoms with Crippen LogP contribution >= 0.6 is 11.8 Å². The molecule has 0 fully saturated rings. The average Bonchev–Trinajstić information content (AvgIpc) is 2.55. The molecule has 3 heteroatoms. The van der Waals surface area contributed by atoms with E-state index in [2.05, 4.69) is 43.3 Å². The third-order valence-corrected chi connectivity index (χ3v) is 5.42. The summed E-state index contributed by atoms with van der Waals surface area (Å²) >= 11 is 1.72. The SMILES string of the molecule is CCC1(C(C#N)C#N)c2ccccc2Sc2ccccc21. The van der Waals surface area contributed by atoms with Gasteiger partial charge < -0.3 is 0 Å². The van der Waals surface area contributed by atoms with Crippen molar-refractivity contribution in [3.05, 3.63) is 59.7 Å². The van der Waals surface area contributed by atoms with Gasteiger partial charge >= 0.3 is 0 Å². The molecule has 3 rings (SSSR count). The molecule has 0 spiro atoms. The van der Waals surface area contributed by atoms with Crippen LogP contribution in [0.15, 0.2) is 58.3 Å². The number of benzene rings is 2. The van der Waals surface area contributed by atoms with Gasteiger partial charge in [0.1, 0.15) is 5.92 Å². The molecule has 0 unspecified atom stereocenters. The Morgan fingerprint density at radius 3 is 1.86 bits per heavy atom. The van der Waals surface area contributed by atoms with E-state index in [9.17, 15) is 10.5 Å². The summed E-state index contributed by atoms with van der Waals surface area (Å²) in [6.07, 6.45) is 0.730. The van der Waals surface area contributed by atoms with Crippen LogP contribution in [0.25, 0.3) is 0 Å². The van der Waals surface area contributed by atoms with E-state index in [1.807, 2.05) is 24.3 Å². The zero-order chi connectivity index (χ0) is 14.9. The molecule has 21 heavy (non-hydrogen) atoms. The summed E-state index contributed by atoms with van der Waals surface area (Å²) in [6.45, 7) is 2.06. The topological polar surface area (TPSA) is 47.6 Å². The fourth-order valence-corrected chi connectivity index (χ4v) is 4.51. The van der Waals surface area contributed by atoms with Crippen LogP contribution in [0.5, 0.6) is 0 Å². The number of fused-ring (bicyclic) bond motifs is 2. The molecule has 0 radical (unpaired) electrons. The molecule has 0 bridgehead atoms. The van der Waals surface area contributed by atoms with E-state index in [1.165, 1.54) is 0 Å². The maximum atomic E-state index is 9.55. The van der Waals surface area contributed by atoms with Gasteiger partial charge in [-0.2, -0.15) is 10.5 Å². The molecule has 1 aliphatic heterocycles. The highest BCUT2D eigenvalue weighted by Crippen LogP contribution is 2.53. The first kappa shape index (κ1) is 13.7. The molecule has 2 aromatic carbocycles. The highest BCUT2D eigenvalue weighted by atomic mass is 32.2. The lowest BCUT2D eigenvalue weighted by molar-refractivity contribution is 0.420. The number of hydrogen-bond donors (Lipinski definition) is 0. The van der Waals surface area contributed by atoms with E-state index < -0.39 is 11.3 Å². The van der Waals surface area contributed by atoms with Gasteiger partial charge in [-0.15, -0.1) is 0 Å². The Kier molecular flexibility index (Phi) is 3.45. The second-order valence-corrected chi connectivity index (χ2v) is 6.19. The van der Waals surface area contributed by atoms with E-state index in [1.54, 1.807) is 11.8 Å². The van der Waals surface area contributed by atoms with Crippen LogP contribution in [-0.4, -0.2) is 0 Å². The van der Waals surface area contributed by atoms with Crippen molar-refractivity contribution in [1.82, 2.24) is 0 Å². The van der Waals surface area contributed by atoms with Gasteiger partial charge in [-0.3, -0.25) is 0 Å². The van der Waals surface area contributed by atoms with Gasteiger partial charge in [0.2, 0.25) is 0 Å². The molecule has 102 valence electrons. The minimum atomic E-state index is -0.689. The van der Waals surface area contributed by atoms with Crippen LogP contribution in [0.3, 0.4) is 0 Å². The maximum absolute atomic E-state index is 9.55. The third kappa shape index (κ3) is 1.86. The largest absolute Gasteiger partial charge is 0.197 e. The second-order valence-electron chi connectivity index (χ2n) is 5.11. The Morgan fingerprint density at radius 2 is 1.43 bits per heavy atom. The molecule has 0 saturated heterocycles. The van der Waals surface area contributed by atoms with Crippen LogP contribution in [0.2, 0.25) is 0 Å². The van der Waals surface area contributed by atoms with Crippen molar-refractivity contribution in [2.45, 2.75) is 28.6 Å². The zero-order valence-corrected chi connectivity index (χ0v) is 12.5. The van der Waals surface area contributed by atoms with Crippen LogP contribution < -0.4 is 0 Å². The lowest BCUT2D eigenvalue weighted by Gasteiger charge is -2.40. The van der Waals surface area contributed by atoms with Crippen LogP contribution in [0.4, 0.5) is 0 Å². The molecule has 0 amide bonds. The van der Waals surface area contributed by atoms with Crippen LogP contribution in [0.1, 0.15) is 24.5 Å². The van der Waals surface area contributed by atoms with Gasteiger partial charge in [0, 0.05) is 9.79 Å². The molecule has 1 heterocycles. The first-order chi connectivity index (χ1) is 10.3. The molecule has 0 aliphatic carbocycles. The maximum Gasteiger partial charge on any atom is 0.147 e. The highest BCUT2D eigenvalue weighted by Gasteiger charge is 2.46. The fraction of sp³-hybridized carbons (Fsp3) is 0.222. The molecule has 0 atom stereocenters. The van der Waals surface area contributed by atoms with E-state index in [0.717, 1.165) is 27.3 Å². The smallest absolute Gasteiger partial charge is 0.147 e. The Morgan fingerprint density at radius 1 is 0.952 bits per heavy atom. The summed E-state index contributed by atoms with van der Waals surface area (Å²) in [5.74, 6) is -0.689. The van der Waals surface area contributed by atoms with Crippen molar-refractivity contribution in [2.75, 3.05) is 0 Å². The quantitative estimate of drug-likeness (QED) is 0.817. The minimum absolute atomic E-state index is 0.540. The summed E-state index contributed by atoms with van der Waals surface area (Å²) in [6, 6.07) is 20.7. The summed E-state index contributed by atoms with van der Waals surface area (Å²) < 4.78 is 0. The van der Waals surface area contributed by atoms with Crippen molar-refractivity contribution in [2.24, 2.45) is 5.92 Å². The third-order valence-electron chi connectivity index (χ3n) is 4.26. The van der Waals surface area contributed by atoms with E-state index in [4.69, 9.17) is 0 Å². The highest BCUT2D eigenvalue weighted by molar-refractivity contribution is 7.99. The first-order valence-corrected chi connectivity index (χ1v) is 7.75. The van der Waals surface area contributed by atoms with E-state index >= 15 is 0 Å². The first-order valence-electron chi connectivity index (χ1n) is 6.94. The standard InChI is InChI=1S/C18H14N2S/c1-2-18(13(11-19)12-20)14-7-3-5-9-16(14)21-17-10-6-4-8-15(17)18/h3-10,13H,2H2,1H3. The summed E-state index contributed by atoms with van der Waals surface area (Å²) in [4.78, 5) is 2.29. The monoisotopic (exact) mass is 290 g/mol. The second kappa shape index (κ2) is 5.28. The Labute approximate surface area is 129 Å². The van der Waals surface area contributed by atoms with Gasteiger partial charge in [-0.1, -0.05) is 55.1 Å². The average molecular weight is 290 g/mol. The van der Waals surface area contributed by atoms with E-state index in [-0.39, 0.29) is 0 Å². The molecule has 2 aromatic rings. The summed E-state index contributed by atoms with van der Waals surface area (Å²) in [5, 5.41) is 19.1. The lowest BCUT2D eigenvalue weighted by atomic mass is 9.64. The van der Waals surface area contributed by atoms with Crippen molar-refractivity contribution >= 4 is 11.8 Å². The zero-order valence-electron chi connectivity index (χ0n) is 11.7. The normalized spacial score (nSPS) is 14.7. The van der Waals surface area contributed by atoms with Crippen molar-refractivity contribution in [3.8, 4) is 12.1 Å². The van der Waals surface area contributed by atoms with Gasteiger partial charge in [0.05, 0.1) is 17.6 Å². The van der Waals surface area contributed by atoms with Crippen molar-refractivity contribution in [1.29, 1.82) is 10.5 Å². The summed E-state index contributed by atoms with van der Waals surface area (Å²) in [5.41, 5.74) is 1.66. The van der Waals surface area contributed by atoms with Gasteiger partial charge in [0.25, 0.3) is 0 Å². The molecule has 0 saturated carbocycles. The van der Waals surface area contributed by atoms with E-state index in [0.29, 0.717) is 0 Å². The number of rotatable bonds is 2. The predicted octanol–water partition coefficient (Wildman–Crippen LogP) is 4.51. The summed E-state index contributed by atoms with van der Waals surface area (Å²) in [7, 11) is 0. The van der Waals surface area contributed by atoms with Gasteiger partial charge in [-0.25, -0.2) is 0 Å². The molecular formula is C18H14N2S. The molecule has 1 aliphatic rings. The Hall–Kier alpha value is -2.23. The minimum Gasteiger partial charge on any atom is -0.197 e. The van der Waals surface area contributed by atoms with Crippen molar-refractivity contribution in [3.63, 3.8) is 0 Å².